The van der Waals surface area contributed by atoms with Gasteiger partial charge in [0.15, 0.2) is 0 Å². The van der Waals surface area contributed by atoms with Gasteiger partial charge >= 0.3 is 6.18 Å². The van der Waals surface area contributed by atoms with Gasteiger partial charge in [-0.1, -0.05) is 0 Å². The van der Waals surface area contributed by atoms with Crippen molar-refractivity contribution < 1.29 is 22.6 Å². The molecule has 0 aromatic heterocycles. The fourth-order valence-corrected chi connectivity index (χ4v) is 1.59. The quantitative estimate of drug-likeness (QED) is 0.794. The number of nitrogens with two attached hydrogens (primary N) is 1. The van der Waals surface area contributed by atoms with Crippen LogP contribution in [0.3, 0.4) is 0 Å². The molecular formula is C10H18F3NO2. The highest BCUT2D eigenvalue weighted by Crippen LogP contribution is 2.26. The first-order valence-electron chi connectivity index (χ1n) is 5.46. The molecule has 0 bridgehead atoms. The summed E-state index contributed by atoms with van der Waals surface area (Å²) in [5, 5.41) is 0. The molecule has 0 spiro atoms. The average Bonchev–Trinajstić information content (AvgIpc) is 2.24. The Kier molecular flexibility index (Phi) is 5.51. The molecule has 0 saturated carbocycles. The Morgan fingerprint density at radius 1 is 1.31 bits per heavy atom. The zero-order valence-electron chi connectivity index (χ0n) is 9.13. The predicted molar refractivity (Wildman–Crippen MR) is 53.0 cm³/mol. The number of ether oxygens (including phenoxy) is 2. The minimum Gasteiger partial charge on any atom is -0.381 e. The van der Waals surface area contributed by atoms with E-state index in [1.165, 1.54) is 0 Å². The predicted octanol–water partition coefficient (Wildman–Crippen LogP) is 1.57. The van der Waals surface area contributed by atoms with Gasteiger partial charge in [0.2, 0.25) is 0 Å². The van der Waals surface area contributed by atoms with Gasteiger partial charge in [0.1, 0.15) is 0 Å². The van der Waals surface area contributed by atoms with Gasteiger partial charge in [-0.15, -0.1) is 0 Å². The van der Waals surface area contributed by atoms with Crippen LogP contribution >= 0.6 is 0 Å². The third-order valence-electron chi connectivity index (χ3n) is 2.76. The normalized spacial score (nSPS) is 21.0. The van der Waals surface area contributed by atoms with Gasteiger partial charge in [-0.25, -0.2) is 0 Å². The molecule has 1 atom stereocenters. The number of hydrogen-bond donors (Lipinski definition) is 1. The summed E-state index contributed by atoms with van der Waals surface area (Å²) in [5.41, 5.74) is 5.06. The largest absolute Gasteiger partial charge is 0.395 e. The monoisotopic (exact) mass is 241 g/mol. The molecule has 1 aliphatic rings. The molecule has 0 aromatic rings. The number of hydrogen-bond acceptors (Lipinski definition) is 3. The molecule has 96 valence electrons. The molecule has 0 aromatic carbocycles. The van der Waals surface area contributed by atoms with Gasteiger partial charge in [0, 0.05) is 26.4 Å². The molecule has 0 radical (unpaired) electrons. The number of halogens is 3. The Morgan fingerprint density at radius 3 is 2.44 bits per heavy atom. The van der Waals surface area contributed by atoms with E-state index in [1.807, 2.05) is 0 Å². The van der Waals surface area contributed by atoms with Crippen LogP contribution in [0.4, 0.5) is 13.2 Å². The molecular weight excluding hydrogens is 223 g/mol. The van der Waals surface area contributed by atoms with E-state index >= 15 is 0 Å². The van der Waals surface area contributed by atoms with Crippen LogP contribution in [0, 0.1) is 11.8 Å². The Balaban J connectivity index is 2.17. The van der Waals surface area contributed by atoms with Gasteiger partial charge in [0.05, 0.1) is 12.5 Å². The van der Waals surface area contributed by atoms with Crippen LogP contribution in [0.15, 0.2) is 0 Å². The second-order valence-electron chi connectivity index (χ2n) is 4.07. The van der Waals surface area contributed by atoms with E-state index in [2.05, 4.69) is 0 Å². The fourth-order valence-electron chi connectivity index (χ4n) is 1.59. The molecule has 0 aliphatic carbocycles. The lowest BCUT2D eigenvalue weighted by Crippen LogP contribution is -2.34. The molecule has 1 aliphatic heterocycles. The molecule has 0 amide bonds. The Labute approximate surface area is 93.1 Å². The fraction of sp³-hybridized carbons (Fsp3) is 1.00. The van der Waals surface area contributed by atoms with Gasteiger partial charge in [-0.3, -0.25) is 0 Å². The lowest BCUT2D eigenvalue weighted by molar-refractivity contribution is -0.186. The molecule has 1 unspecified atom stereocenters. The lowest BCUT2D eigenvalue weighted by atomic mass is 10.0. The summed E-state index contributed by atoms with van der Waals surface area (Å²) in [7, 11) is 0. The topological polar surface area (TPSA) is 44.5 Å². The molecule has 1 rings (SSSR count). The highest BCUT2D eigenvalue weighted by atomic mass is 19.4. The van der Waals surface area contributed by atoms with Crippen LogP contribution in [0.5, 0.6) is 0 Å². The highest BCUT2D eigenvalue weighted by Gasteiger charge is 2.38. The van der Waals surface area contributed by atoms with Crippen molar-refractivity contribution in [3.63, 3.8) is 0 Å². The molecule has 3 nitrogen and oxygen atoms in total. The van der Waals surface area contributed by atoms with E-state index in [1.54, 1.807) is 0 Å². The van der Waals surface area contributed by atoms with E-state index in [0.29, 0.717) is 25.7 Å². The van der Waals surface area contributed by atoms with Crippen LogP contribution in [-0.4, -0.2) is 39.1 Å². The first-order chi connectivity index (χ1) is 7.54. The first kappa shape index (κ1) is 13.7. The van der Waals surface area contributed by atoms with Crippen LogP contribution < -0.4 is 5.73 Å². The van der Waals surface area contributed by atoms with Crippen molar-refractivity contribution in [1.29, 1.82) is 0 Å². The van der Waals surface area contributed by atoms with E-state index < -0.39 is 18.6 Å². The molecule has 1 fully saturated rings. The van der Waals surface area contributed by atoms with Crippen molar-refractivity contribution in [3.05, 3.63) is 0 Å². The van der Waals surface area contributed by atoms with Gasteiger partial charge in [-0.2, -0.15) is 13.2 Å². The van der Waals surface area contributed by atoms with Crippen molar-refractivity contribution in [2.24, 2.45) is 17.6 Å². The first-order valence-corrected chi connectivity index (χ1v) is 5.46. The van der Waals surface area contributed by atoms with E-state index in [0.717, 1.165) is 12.8 Å². The molecule has 2 N–H and O–H groups in total. The summed E-state index contributed by atoms with van der Waals surface area (Å²) < 4.78 is 47.2. The molecule has 1 heterocycles. The average molecular weight is 241 g/mol. The Morgan fingerprint density at radius 2 is 1.94 bits per heavy atom. The van der Waals surface area contributed by atoms with Crippen LogP contribution in [-0.2, 0) is 9.47 Å². The zero-order chi connectivity index (χ0) is 12.0. The molecule has 6 heteroatoms. The summed E-state index contributed by atoms with van der Waals surface area (Å²) in [5.74, 6) is -1.23. The maximum absolute atomic E-state index is 12.3. The van der Waals surface area contributed by atoms with Gasteiger partial charge in [-0.05, 0) is 18.8 Å². The van der Waals surface area contributed by atoms with Crippen molar-refractivity contribution in [1.82, 2.24) is 0 Å². The summed E-state index contributed by atoms with van der Waals surface area (Å²) >= 11 is 0. The van der Waals surface area contributed by atoms with E-state index in [4.69, 9.17) is 15.2 Å². The number of rotatable bonds is 5. The van der Waals surface area contributed by atoms with Gasteiger partial charge in [0.25, 0.3) is 0 Å². The third-order valence-corrected chi connectivity index (χ3v) is 2.76. The SMILES string of the molecule is NCC(COCC1CCOCC1)C(F)(F)F. The maximum atomic E-state index is 12.3. The standard InChI is InChI=1S/C10H18F3NO2/c11-10(12,13)9(5-14)7-16-6-8-1-3-15-4-2-8/h8-9H,1-7,14H2. The van der Waals surface area contributed by atoms with Crippen molar-refractivity contribution in [2.45, 2.75) is 19.0 Å². The second-order valence-corrected chi connectivity index (χ2v) is 4.07. The van der Waals surface area contributed by atoms with Gasteiger partial charge < -0.3 is 15.2 Å². The summed E-state index contributed by atoms with van der Waals surface area (Å²) in [6.07, 6.45) is -2.54. The highest BCUT2D eigenvalue weighted by molar-refractivity contribution is 4.68. The Bertz CT molecular complexity index is 193. The van der Waals surface area contributed by atoms with Crippen LogP contribution in [0.2, 0.25) is 0 Å². The minimum atomic E-state index is -4.26. The number of alkyl halides is 3. The molecule has 16 heavy (non-hydrogen) atoms. The zero-order valence-corrected chi connectivity index (χ0v) is 9.13. The van der Waals surface area contributed by atoms with Crippen molar-refractivity contribution >= 4 is 0 Å². The van der Waals surface area contributed by atoms with Crippen LogP contribution in [0.25, 0.3) is 0 Å². The second kappa shape index (κ2) is 6.42. The van der Waals surface area contributed by atoms with Crippen LogP contribution in [0.1, 0.15) is 12.8 Å². The van der Waals surface area contributed by atoms with E-state index in [9.17, 15) is 13.2 Å². The third kappa shape index (κ3) is 4.67. The van der Waals surface area contributed by atoms with Crippen molar-refractivity contribution in [2.75, 3.05) is 33.0 Å². The lowest BCUT2D eigenvalue weighted by Gasteiger charge is -2.23. The molecule has 1 saturated heterocycles. The summed E-state index contributed by atoms with van der Waals surface area (Å²) in [6, 6.07) is 0. The summed E-state index contributed by atoms with van der Waals surface area (Å²) in [4.78, 5) is 0. The minimum absolute atomic E-state index is 0.320. The van der Waals surface area contributed by atoms with E-state index in [-0.39, 0.29) is 6.61 Å². The Hall–Kier alpha value is -0.330. The summed E-state index contributed by atoms with van der Waals surface area (Å²) in [6.45, 7) is 0.964. The maximum Gasteiger partial charge on any atom is 0.395 e. The smallest absolute Gasteiger partial charge is 0.381 e. The van der Waals surface area contributed by atoms with Crippen molar-refractivity contribution in [3.8, 4) is 0 Å².